The summed E-state index contributed by atoms with van der Waals surface area (Å²) in [7, 11) is 0. The maximum atomic E-state index is 12.1. The second kappa shape index (κ2) is 5.55. The number of imide groups is 1. The van der Waals surface area contributed by atoms with Gasteiger partial charge < -0.3 is 19.5 Å². The summed E-state index contributed by atoms with van der Waals surface area (Å²) in [6.07, 6.45) is -1.05. The molecule has 3 rings (SSSR count). The van der Waals surface area contributed by atoms with Crippen LogP contribution in [0.4, 0.5) is 4.79 Å². The Labute approximate surface area is 125 Å². The lowest BCUT2D eigenvalue weighted by molar-refractivity contribution is -0.136. The number of nitrogens with zero attached hydrogens (tertiary/aromatic N) is 1. The number of nitrogens with one attached hydrogen (secondary N) is 1. The largest absolute Gasteiger partial charge is 0.454 e. The number of carbonyl (C=O) groups is 3. The van der Waals surface area contributed by atoms with Crippen LogP contribution in [0.1, 0.15) is 17.3 Å². The smallest absolute Gasteiger partial charge is 0.339 e. The van der Waals surface area contributed by atoms with Gasteiger partial charge in [0.2, 0.25) is 6.79 Å². The molecule has 2 aliphatic rings. The van der Waals surface area contributed by atoms with Crippen molar-refractivity contribution in [2.75, 3.05) is 19.9 Å². The van der Waals surface area contributed by atoms with E-state index in [1.165, 1.54) is 19.1 Å². The number of fused-ring (bicyclic) bond motifs is 1. The number of esters is 1. The summed E-state index contributed by atoms with van der Waals surface area (Å²) in [5.74, 6) is -0.218. The van der Waals surface area contributed by atoms with Gasteiger partial charge in [-0.1, -0.05) is 0 Å². The van der Waals surface area contributed by atoms with Crippen molar-refractivity contribution in [1.29, 1.82) is 0 Å². The minimum atomic E-state index is -1.05. The van der Waals surface area contributed by atoms with Gasteiger partial charge in [-0.2, -0.15) is 0 Å². The number of ether oxygens (including phenoxy) is 3. The van der Waals surface area contributed by atoms with Crippen molar-refractivity contribution in [2.45, 2.75) is 13.0 Å². The Kier molecular flexibility index (Phi) is 3.58. The second-order valence-corrected chi connectivity index (χ2v) is 4.84. The SMILES string of the molecule is C[C@H](OC(=O)c1ccc2c(c1)OCO2)C(=O)N1CCNC1=O. The summed E-state index contributed by atoms with van der Waals surface area (Å²) in [4.78, 5) is 36.6. The van der Waals surface area contributed by atoms with Crippen LogP contribution in [0.15, 0.2) is 18.2 Å². The number of hydrogen-bond acceptors (Lipinski definition) is 6. The summed E-state index contributed by atoms with van der Waals surface area (Å²) >= 11 is 0. The molecule has 0 aliphatic carbocycles. The predicted octanol–water partition coefficient (Wildman–Crippen LogP) is 0.512. The quantitative estimate of drug-likeness (QED) is 0.818. The molecule has 116 valence electrons. The van der Waals surface area contributed by atoms with Crippen LogP contribution in [-0.2, 0) is 9.53 Å². The van der Waals surface area contributed by atoms with E-state index in [-0.39, 0.29) is 18.9 Å². The Bertz CT molecular complexity index is 644. The molecule has 8 heteroatoms. The van der Waals surface area contributed by atoms with Gasteiger partial charge in [-0.05, 0) is 25.1 Å². The Balaban J connectivity index is 1.66. The van der Waals surface area contributed by atoms with Gasteiger partial charge in [0.15, 0.2) is 17.6 Å². The lowest BCUT2D eigenvalue weighted by atomic mass is 10.2. The third kappa shape index (κ3) is 2.54. The number of amides is 3. The highest BCUT2D eigenvalue weighted by molar-refractivity contribution is 5.99. The first-order chi connectivity index (χ1) is 10.6. The zero-order chi connectivity index (χ0) is 15.7. The van der Waals surface area contributed by atoms with Crippen molar-refractivity contribution in [2.24, 2.45) is 0 Å². The zero-order valence-electron chi connectivity index (χ0n) is 11.8. The van der Waals surface area contributed by atoms with Crippen LogP contribution in [0, 0.1) is 0 Å². The molecule has 0 bridgehead atoms. The Hall–Kier alpha value is -2.77. The molecule has 1 saturated heterocycles. The highest BCUT2D eigenvalue weighted by atomic mass is 16.7. The van der Waals surface area contributed by atoms with Gasteiger partial charge in [-0.15, -0.1) is 0 Å². The van der Waals surface area contributed by atoms with E-state index in [2.05, 4.69) is 5.32 Å². The molecule has 3 amide bonds. The van der Waals surface area contributed by atoms with Crippen LogP contribution in [0.2, 0.25) is 0 Å². The van der Waals surface area contributed by atoms with Gasteiger partial charge in [0.25, 0.3) is 5.91 Å². The van der Waals surface area contributed by atoms with E-state index in [9.17, 15) is 14.4 Å². The van der Waals surface area contributed by atoms with E-state index in [1.54, 1.807) is 6.07 Å². The summed E-state index contributed by atoms with van der Waals surface area (Å²) in [6, 6.07) is 4.13. The van der Waals surface area contributed by atoms with Gasteiger partial charge in [0.1, 0.15) is 0 Å². The number of hydrogen-bond donors (Lipinski definition) is 1. The first kappa shape index (κ1) is 14.2. The van der Waals surface area contributed by atoms with Gasteiger partial charge in [0, 0.05) is 13.1 Å². The van der Waals surface area contributed by atoms with Gasteiger partial charge in [-0.25, -0.2) is 9.59 Å². The highest BCUT2D eigenvalue weighted by Gasteiger charge is 2.32. The van der Waals surface area contributed by atoms with Gasteiger partial charge in [0.05, 0.1) is 5.56 Å². The summed E-state index contributed by atoms with van der Waals surface area (Å²) in [5.41, 5.74) is 0.245. The van der Waals surface area contributed by atoms with Gasteiger partial charge in [-0.3, -0.25) is 9.69 Å². The number of urea groups is 1. The molecule has 1 fully saturated rings. The molecule has 0 aromatic heterocycles. The molecule has 1 aromatic carbocycles. The van der Waals surface area contributed by atoms with Crippen LogP contribution in [0.25, 0.3) is 0 Å². The van der Waals surface area contributed by atoms with E-state index in [1.807, 2.05) is 0 Å². The average Bonchev–Trinajstić information content (AvgIpc) is 3.13. The van der Waals surface area contributed by atoms with Crippen LogP contribution < -0.4 is 14.8 Å². The first-order valence-corrected chi connectivity index (χ1v) is 6.76. The summed E-state index contributed by atoms with van der Waals surface area (Å²) in [6.45, 7) is 2.20. The first-order valence-electron chi connectivity index (χ1n) is 6.76. The van der Waals surface area contributed by atoms with E-state index in [0.717, 1.165) is 4.90 Å². The Morgan fingerprint density at radius 3 is 2.82 bits per heavy atom. The Morgan fingerprint density at radius 1 is 1.32 bits per heavy atom. The third-order valence-corrected chi connectivity index (χ3v) is 3.36. The molecule has 8 nitrogen and oxygen atoms in total. The molecule has 0 unspecified atom stereocenters. The lowest BCUT2D eigenvalue weighted by Gasteiger charge is -2.18. The van der Waals surface area contributed by atoms with Crippen molar-refractivity contribution in [3.63, 3.8) is 0 Å². The summed E-state index contributed by atoms with van der Waals surface area (Å²) < 4.78 is 15.4. The molecular weight excluding hydrogens is 292 g/mol. The maximum absolute atomic E-state index is 12.1. The molecule has 0 spiro atoms. The second-order valence-electron chi connectivity index (χ2n) is 4.84. The molecule has 1 aromatic rings. The van der Waals surface area contributed by atoms with Crippen LogP contribution in [-0.4, -0.2) is 48.8 Å². The van der Waals surface area contributed by atoms with Crippen LogP contribution in [0.5, 0.6) is 11.5 Å². The van der Waals surface area contributed by atoms with Crippen molar-refractivity contribution < 1.29 is 28.6 Å². The van der Waals surface area contributed by atoms with Crippen molar-refractivity contribution >= 4 is 17.9 Å². The predicted molar refractivity (Wildman–Crippen MR) is 72.6 cm³/mol. The molecule has 1 atom stereocenters. The number of carbonyl (C=O) groups excluding carboxylic acids is 3. The minimum Gasteiger partial charge on any atom is -0.454 e. The van der Waals surface area contributed by atoms with E-state index >= 15 is 0 Å². The van der Waals surface area contributed by atoms with Crippen LogP contribution in [0.3, 0.4) is 0 Å². The van der Waals surface area contributed by atoms with Crippen molar-refractivity contribution in [3.8, 4) is 11.5 Å². The monoisotopic (exact) mass is 306 g/mol. The van der Waals surface area contributed by atoms with E-state index < -0.39 is 24.0 Å². The standard InChI is InChI=1S/C14H14N2O6/c1-8(12(17)16-5-4-15-14(16)19)22-13(18)9-2-3-10-11(6-9)21-7-20-10/h2-3,6,8H,4-5,7H2,1H3,(H,15,19)/t8-/m0/s1. The zero-order valence-corrected chi connectivity index (χ0v) is 11.8. The fourth-order valence-electron chi connectivity index (χ4n) is 2.20. The fourth-order valence-corrected chi connectivity index (χ4v) is 2.20. The number of rotatable bonds is 3. The summed E-state index contributed by atoms with van der Waals surface area (Å²) in [5, 5.41) is 2.51. The topological polar surface area (TPSA) is 94.2 Å². The van der Waals surface area contributed by atoms with E-state index in [0.29, 0.717) is 18.0 Å². The Morgan fingerprint density at radius 2 is 2.09 bits per heavy atom. The maximum Gasteiger partial charge on any atom is 0.339 e. The minimum absolute atomic E-state index is 0.104. The normalized spacial score (nSPS) is 17.1. The fraction of sp³-hybridized carbons (Fsp3) is 0.357. The van der Waals surface area contributed by atoms with Crippen LogP contribution >= 0.6 is 0 Å². The third-order valence-electron chi connectivity index (χ3n) is 3.36. The number of benzene rings is 1. The molecule has 0 radical (unpaired) electrons. The highest BCUT2D eigenvalue weighted by Crippen LogP contribution is 2.32. The van der Waals surface area contributed by atoms with Crippen molar-refractivity contribution in [1.82, 2.24) is 10.2 Å². The van der Waals surface area contributed by atoms with E-state index in [4.69, 9.17) is 14.2 Å². The van der Waals surface area contributed by atoms with Gasteiger partial charge >= 0.3 is 12.0 Å². The average molecular weight is 306 g/mol. The van der Waals surface area contributed by atoms with Crippen molar-refractivity contribution in [3.05, 3.63) is 23.8 Å². The molecule has 22 heavy (non-hydrogen) atoms. The molecule has 2 heterocycles. The molecule has 0 saturated carbocycles. The molecule has 2 aliphatic heterocycles. The molecular formula is C14H14N2O6. The molecule has 1 N–H and O–H groups in total. The lowest BCUT2D eigenvalue weighted by Crippen LogP contribution is -2.41.